The van der Waals surface area contributed by atoms with Crippen molar-refractivity contribution in [2.45, 2.75) is 12.8 Å². The van der Waals surface area contributed by atoms with Crippen molar-refractivity contribution in [3.63, 3.8) is 0 Å². The Hall–Kier alpha value is -4.28. The summed E-state index contributed by atoms with van der Waals surface area (Å²) in [6.07, 6.45) is 0.0559. The predicted octanol–water partition coefficient (Wildman–Crippen LogP) is 4.65. The van der Waals surface area contributed by atoms with E-state index in [1.165, 1.54) is 30.5 Å². The van der Waals surface area contributed by atoms with Crippen LogP contribution < -0.4 is 5.32 Å². The average molecular weight is 441 g/mol. The monoisotopic (exact) mass is 441 g/mol. The first-order chi connectivity index (χ1) is 15.4. The zero-order valence-corrected chi connectivity index (χ0v) is 16.2. The minimum absolute atomic E-state index is 0.0249. The normalized spacial score (nSPS) is 11.2. The number of aromatic nitrogens is 4. The number of nitrogens with zero attached hydrogens (tertiary/aromatic N) is 4. The van der Waals surface area contributed by atoms with E-state index in [1.807, 2.05) is 0 Å². The minimum Gasteiger partial charge on any atom is -0.452 e. The van der Waals surface area contributed by atoms with Gasteiger partial charge >= 0.3 is 12.1 Å². The fourth-order valence-corrected chi connectivity index (χ4v) is 2.71. The van der Waals surface area contributed by atoms with Gasteiger partial charge in [-0.3, -0.25) is 4.98 Å². The molecule has 0 fully saturated rings. The number of nitrogens with one attached hydrogen (secondary N) is 1. The van der Waals surface area contributed by atoms with E-state index in [4.69, 9.17) is 9.26 Å². The molecule has 3 aromatic heterocycles. The van der Waals surface area contributed by atoms with Crippen molar-refractivity contribution in [2.75, 3.05) is 5.32 Å². The maximum Gasteiger partial charge on any atom is 0.416 e. The lowest BCUT2D eigenvalue weighted by Gasteiger charge is -2.12. The van der Waals surface area contributed by atoms with Gasteiger partial charge in [0.15, 0.2) is 6.61 Å². The first-order valence-corrected chi connectivity index (χ1v) is 9.19. The van der Waals surface area contributed by atoms with Crippen LogP contribution in [0.3, 0.4) is 0 Å². The molecule has 0 bridgehead atoms. The molecule has 0 unspecified atom stereocenters. The number of benzene rings is 1. The van der Waals surface area contributed by atoms with Crippen LogP contribution in [0.5, 0.6) is 0 Å². The number of ether oxygens (including phenoxy) is 1. The Balaban J connectivity index is 1.46. The summed E-state index contributed by atoms with van der Waals surface area (Å²) in [5, 5.41) is 6.52. The van der Waals surface area contributed by atoms with Gasteiger partial charge in [0.2, 0.25) is 5.82 Å². The Bertz CT molecular complexity index is 1230. The topological polar surface area (TPSA) is 103 Å². The molecule has 0 aliphatic carbocycles. The summed E-state index contributed by atoms with van der Waals surface area (Å²) >= 11 is 0. The van der Waals surface area contributed by atoms with E-state index >= 15 is 0 Å². The highest BCUT2D eigenvalue weighted by atomic mass is 19.4. The summed E-state index contributed by atoms with van der Waals surface area (Å²) in [5.41, 5.74) is -0.0560. The lowest BCUT2D eigenvalue weighted by molar-refractivity contribution is -0.137. The van der Waals surface area contributed by atoms with Crippen molar-refractivity contribution in [2.24, 2.45) is 0 Å². The van der Waals surface area contributed by atoms with Crippen molar-refractivity contribution < 1.29 is 27.2 Å². The van der Waals surface area contributed by atoms with E-state index in [0.29, 0.717) is 5.56 Å². The molecule has 4 aromatic rings. The molecule has 0 radical (unpaired) electrons. The molecule has 3 heterocycles. The zero-order chi connectivity index (χ0) is 22.6. The van der Waals surface area contributed by atoms with Gasteiger partial charge in [0.05, 0.1) is 5.56 Å². The summed E-state index contributed by atoms with van der Waals surface area (Å²) in [5.74, 6) is -0.377. The molecular formula is C21H14F3N5O3. The molecule has 162 valence electrons. The van der Waals surface area contributed by atoms with Gasteiger partial charge in [0.1, 0.15) is 11.4 Å². The van der Waals surface area contributed by atoms with Gasteiger partial charge in [-0.05, 0) is 42.5 Å². The molecule has 0 saturated carbocycles. The number of hydrogen-bond acceptors (Lipinski definition) is 8. The third kappa shape index (κ3) is 4.89. The molecular weight excluding hydrogens is 427 g/mol. The molecule has 8 nitrogen and oxygen atoms in total. The van der Waals surface area contributed by atoms with Gasteiger partial charge < -0.3 is 14.6 Å². The second-order valence-corrected chi connectivity index (χ2v) is 6.43. The first kappa shape index (κ1) is 21.0. The van der Waals surface area contributed by atoms with Crippen molar-refractivity contribution in [1.82, 2.24) is 20.1 Å². The number of hydrogen-bond donors (Lipinski definition) is 1. The highest BCUT2D eigenvalue weighted by Crippen LogP contribution is 2.31. The summed E-state index contributed by atoms with van der Waals surface area (Å²) < 4.78 is 49.1. The van der Waals surface area contributed by atoms with E-state index in [1.54, 1.807) is 24.5 Å². The SMILES string of the molecule is O=C(OCc1nc(-c2cccnc2)no1)c1cccnc1Nc1cccc(C(F)(F)F)c1. The zero-order valence-electron chi connectivity index (χ0n) is 16.2. The first-order valence-electron chi connectivity index (χ1n) is 9.19. The molecule has 0 atom stereocenters. The second-order valence-electron chi connectivity index (χ2n) is 6.43. The van der Waals surface area contributed by atoms with Gasteiger partial charge in [0, 0.05) is 29.8 Å². The smallest absolute Gasteiger partial charge is 0.416 e. The molecule has 1 aromatic carbocycles. The number of pyridine rings is 2. The standard InChI is InChI=1S/C21H14F3N5O3/c22-21(23,24)14-5-1-6-15(10-14)27-19-16(7-3-9-26-19)20(30)31-12-17-28-18(29-32-17)13-4-2-8-25-11-13/h1-11H,12H2,(H,26,27). The fraction of sp³-hybridized carbons (Fsp3) is 0.0952. The van der Waals surface area contributed by atoms with E-state index in [-0.39, 0.29) is 35.4 Å². The van der Waals surface area contributed by atoms with E-state index < -0.39 is 17.7 Å². The predicted molar refractivity (Wildman–Crippen MR) is 106 cm³/mol. The van der Waals surface area contributed by atoms with Gasteiger partial charge in [-0.2, -0.15) is 18.2 Å². The molecule has 0 spiro atoms. The van der Waals surface area contributed by atoms with Crippen LogP contribution >= 0.6 is 0 Å². The molecule has 0 saturated heterocycles. The van der Waals surface area contributed by atoms with Crippen molar-refractivity contribution in [3.8, 4) is 11.4 Å². The lowest BCUT2D eigenvalue weighted by Crippen LogP contribution is -2.10. The largest absolute Gasteiger partial charge is 0.452 e. The lowest BCUT2D eigenvalue weighted by atomic mass is 10.2. The third-order valence-corrected chi connectivity index (χ3v) is 4.19. The maximum atomic E-state index is 12.9. The van der Waals surface area contributed by atoms with E-state index in [9.17, 15) is 18.0 Å². The molecule has 0 aliphatic rings. The second kappa shape index (κ2) is 8.84. The van der Waals surface area contributed by atoms with Gasteiger partial charge in [-0.25, -0.2) is 9.78 Å². The summed E-state index contributed by atoms with van der Waals surface area (Å²) in [6, 6.07) is 10.9. The Morgan fingerprint density at radius 2 is 1.94 bits per heavy atom. The Morgan fingerprint density at radius 1 is 1.09 bits per heavy atom. The molecule has 0 amide bonds. The van der Waals surface area contributed by atoms with Crippen molar-refractivity contribution >= 4 is 17.5 Å². The maximum absolute atomic E-state index is 12.9. The van der Waals surface area contributed by atoms with Crippen LogP contribution in [0, 0.1) is 0 Å². The number of rotatable bonds is 6. The number of carbonyl (C=O) groups is 1. The Kier molecular flexibility index (Phi) is 5.79. The van der Waals surface area contributed by atoms with Gasteiger partial charge in [-0.1, -0.05) is 11.2 Å². The number of carbonyl (C=O) groups excluding carboxylic acids is 1. The van der Waals surface area contributed by atoms with Crippen LogP contribution in [0.4, 0.5) is 24.7 Å². The van der Waals surface area contributed by atoms with E-state index in [2.05, 4.69) is 25.4 Å². The highest BCUT2D eigenvalue weighted by Gasteiger charge is 2.30. The highest BCUT2D eigenvalue weighted by molar-refractivity contribution is 5.95. The van der Waals surface area contributed by atoms with Crippen LogP contribution in [0.25, 0.3) is 11.4 Å². The molecule has 0 aliphatic heterocycles. The number of esters is 1. The van der Waals surface area contributed by atoms with Crippen LogP contribution in [-0.4, -0.2) is 26.1 Å². The number of halogens is 3. The minimum atomic E-state index is -4.50. The number of alkyl halides is 3. The fourth-order valence-electron chi connectivity index (χ4n) is 2.71. The van der Waals surface area contributed by atoms with Crippen LogP contribution in [-0.2, 0) is 17.5 Å². The van der Waals surface area contributed by atoms with Crippen LogP contribution in [0.15, 0.2) is 71.6 Å². The van der Waals surface area contributed by atoms with Crippen molar-refractivity contribution in [1.29, 1.82) is 0 Å². The summed E-state index contributed by atoms with van der Waals surface area (Å²) in [4.78, 5) is 24.7. The molecule has 32 heavy (non-hydrogen) atoms. The Labute approximate surface area is 179 Å². The Morgan fingerprint density at radius 3 is 2.72 bits per heavy atom. The van der Waals surface area contributed by atoms with Crippen molar-refractivity contribution in [3.05, 3.63) is 84.1 Å². The van der Waals surface area contributed by atoms with Gasteiger partial charge in [-0.15, -0.1) is 0 Å². The third-order valence-electron chi connectivity index (χ3n) is 4.19. The summed E-state index contributed by atoms with van der Waals surface area (Å²) in [7, 11) is 0. The quantitative estimate of drug-likeness (QED) is 0.432. The van der Waals surface area contributed by atoms with Gasteiger partial charge in [0.25, 0.3) is 5.89 Å². The molecule has 1 N–H and O–H groups in total. The summed E-state index contributed by atoms with van der Waals surface area (Å²) in [6.45, 7) is -0.302. The van der Waals surface area contributed by atoms with Crippen LogP contribution in [0.1, 0.15) is 21.8 Å². The molecule has 4 rings (SSSR count). The van der Waals surface area contributed by atoms with E-state index in [0.717, 1.165) is 12.1 Å². The average Bonchev–Trinajstić information content (AvgIpc) is 3.27. The molecule has 11 heteroatoms. The number of anilines is 2. The van der Waals surface area contributed by atoms with Crippen LogP contribution in [0.2, 0.25) is 0 Å².